The van der Waals surface area contributed by atoms with Crippen molar-refractivity contribution in [3.63, 3.8) is 0 Å². The molecule has 0 bridgehead atoms. The van der Waals surface area contributed by atoms with Crippen molar-refractivity contribution in [1.29, 1.82) is 0 Å². The maximum absolute atomic E-state index is 4.52. The molecular weight excluding hydrogens is 364 g/mol. The summed E-state index contributed by atoms with van der Waals surface area (Å²) in [5.41, 5.74) is 6.35. The second kappa shape index (κ2) is 9.94. The van der Waals surface area contributed by atoms with Gasteiger partial charge in [0.25, 0.3) is 0 Å². The Morgan fingerprint density at radius 1 is 0.367 bits per heavy atom. The highest BCUT2D eigenvalue weighted by molar-refractivity contribution is 5.82. The first-order valence-corrected chi connectivity index (χ1v) is 9.92. The van der Waals surface area contributed by atoms with Crippen LogP contribution in [0.1, 0.15) is 22.3 Å². The Labute approximate surface area is 177 Å². The first-order valence-electron chi connectivity index (χ1n) is 9.92. The zero-order chi connectivity index (χ0) is 20.4. The van der Waals surface area contributed by atoms with Crippen LogP contribution in [0.5, 0.6) is 0 Å². The van der Waals surface area contributed by atoms with Crippen LogP contribution in [0.2, 0.25) is 0 Å². The topological polar surface area (TPSA) is 24.7 Å². The van der Waals surface area contributed by atoms with Crippen molar-refractivity contribution in [2.24, 2.45) is 9.98 Å². The van der Waals surface area contributed by atoms with Gasteiger partial charge in [0.1, 0.15) is 0 Å². The monoisotopic (exact) mass is 386 g/mol. The summed E-state index contributed by atoms with van der Waals surface area (Å²) >= 11 is 0. The van der Waals surface area contributed by atoms with Gasteiger partial charge in [0.2, 0.25) is 0 Å². The normalized spacial score (nSPS) is 11.6. The Hall–Kier alpha value is -4.04. The third-order valence-corrected chi connectivity index (χ3v) is 4.58. The van der Waals surface area contributed by atoms with Gasteiger partial charge in [-0.05, 0) is 46.5 Å². The van der Waals surface area contributed by atoms with E-state index in [0.717, 1.165) is 33.6 Å². The highest BCUT2D eigenvalue weighted by atomic mass is 14.7. The average molecular weight is 386 g/mol. The van der Waals surface area contributed by atoms with Crippen molar-refractivity contribution < 1.29 is 0 Å². The van der Waals surface area contributed by atoms with Crippen molar-refractivity contribution >= 4 is 36.0 Å². The number of hydrogen-bond acceptors (Lipinski definition) is 2. The molecule has 4 rings (SSSR count). The fourth-order valence-electron chi connectivity index (χ4n) is 2.91. The largest absolute Gasteiger partial charge is 0.256 e. The molecule has 0 fully saturated rings. The quantitative estimate of drug-likeness (QED) is 0.244. The van der Waals surface area contributed by atoms with Crippen molar-refractivity contribution in [1.82, 2.24) is 0 Å². The third-order valence-electron chi connectivity index (χ3n) is 4.58. The minimum Gasteiger partial charge on any atom is -0.256 e. The second-order valence-electron chi connectivity index (χ2n) is 6.85. The van der Waals surface area contributed by atoms with Gasteiger partial charge < -0.3 is 0 Å². The molecule has 30 heavy (non-hydrogen) atoms. The smallest absolute Gasteiger partial charge is 0.0630 e. The molecule has 0 atom stereocenters. The molecule has 0 aliphatic rings. The maximum atomic E-state index is 4.52. The predicted octanol–water partition coefficient (Wildman–Crippen LogP) is 7.36. The molecule has 0 saturated heterocycles. The highest BCUT2D eigenvalue weighted by Crippen LogP contribution is 2.17. The van der Waals surface area contributed by atoms with E-state index in [1.807, 2.05) is 97.4 Å². The summed E-state index contributed by atoms with van der Waals surface area (Å²) in [6, 6.07) is 36.6. The molecule has 4 aromatic carbocycles. The van der Waals surface area contributed by atoms with Crippen LogP contribution in [0.15, 0.2) is 119 Å². The van der Waals surface area contributed by atoms with Crippen LogP contribution < -0.4 is 0 Å². The van der Waals surface area contributed by atoms with Gasteiger partial charge in [0.05, 0.1) is 11.4 Å². The summed E-state index contributed by atoms with van der Waals surface area (Å²) in [5, 5.41) is 0. The lowest BCUT2D eigenvalue weighted by atomic mass is 10.1. The summed E-state index contributed by atoms with van der Waals surface area (Å²) in [5.74, 6) is 0. The number of rotatable bonds is 6. The van der Waals surface area contributed by atoms with Gasteiger partial charge in [0, 0.05) is 12.4 Å². The molecule has 0 aliphatic heterocycles. The van der Waals surface area contributed by atoms with Crippen molar-refractivity contribution in [2.45, 2.75) is 0 Å². The second-order valence-corrected chi connectivity index (χ2v) is 6.85. The Kier molecular flexibility index (Phi) is 6.39. The maximum Gasteiger partial charge on any atom is 0.0630 e. The molecule has 2 nitrogen and oxygen atoms in total. The number of aliphatic imine (C=N–C) groups is 2. The molecule has 0 aromatic heterocycles. The molecule has 0 heterocycles. The first kappa shape index (κ1) is 19.3. The van der Waals surface area contributed by atoms with Crippen LogP contribution in [0.25, 0.3) is 12.2 Å². The molecule has 144 valence electrons. The van der Waals surface area contributed by atoms with Gasteiger partial charge in [-0.1, -0.05) is 97.1 Å². The predicted molar refractivity (Wildman–Crippen MR) is 129 cm³/mol. The Balaban J connectivity index is 1.36. The number of nitrogens with zero attached hydrogens (tertiary/aromatic N) is 2. The van der Waals surface area contributed by atoms with Crippen LogP contribution in [0, 0.1) is 0 Å². The van der Waals surface area contributed by atoms with Gasteiger partial charge in [-0.15, -0.1) is 0 Å². The van der Waals surface area contributed by atoms with Gasteiger partial charge >= 0.3 is 0 Å². The van der Waals surface area contributed by atoms with E-state index in [1.165, 1.54) is 0 Å². The third kappa shape index (κ3) is 5.73. The van der Waals surface area contributed by atoms with Crippen LogP contribution in [-0.2, 0) is 0 Å². The first-order chi connectivity index (χ1) is 14.8. The van der Waals surface area contributed by atoms with Gasteiger partial charge in [-0.25, -0.2) is 0 Å². The standard InChI is InChI=1S/C28H22N2/c1-3-7-25(8-4-1)21-29-27-17-13-23(14-18-27)11-12-24-15-19-28(20-16-24)30-22-26-9-5-2-6-10-26/h1-22H/b12-11+,29-21?,30-22?. The average Bonchev–Trinajstić information content (AvgIpc) is 2.83. The molecule has 0 N–H and O–H groups in total. The van der Waals surface area contributed by atoms with Gasteiger partial charge in [-0.3, -0.25) is 9.98 Å². The van der Waals surface area contributed by atoms with E-state index < -0.39 is 0 Å². The molecule has 4 aromatic rings. The summed E-state index contributed by atoms with van der Waals surface area (Å²) < 4.78 is 0. The lowest BCUT2D eigenvalue weighted by Crippen LogP contribution is -1.78. The molecule has 0 unspecified atom stereocenters. The highest BCUT2D eigenvalue weighted by Gasteiger charge is 1.93. The van der Waals surface area contributed by atoms with E-state index in [9.17, 15) is 0 Å². The van der Waals surface area contributed by atoms with Crippen LogP contribution in [0.4, 0.5) is 11.4 Å². The van der Waals surface area contributed by atoms with Crippen LogP contribution in [0.3, 0.4) is 0 Å². The van der Waals surface area contributed by atoms with E-state index in [1.54, 1.807) is 0 Å². The fraction of sp³-hybridized carbons (Fsp3) is 0. The zero-order valence-corrected chi connectivity index (χ0v) is 16.6. The number of hydrogen-bond donors (Lipinski definition) is 0. The van der Waals surface area contributed by atoms with Crippen LogP contribution in [-0.4, -0.2) is 12.4 Å². The van der Waals surface area contributed by atoms with E-state index >= 15 is 0 Å². The zero-order valence-electron chi connectivity index (χ0n) is 16.6. The minimum atomic E-state index is 0.941. The Morgan fingerprint density at radius 2 is 0.733 bits per heavy atom. The van der Waals surface area contributed by atoms with Crippen molar-refractivity contribution in [2.75, 3.05) is 0 Å². The van der Waals surface area contributed by atoms with E-state index in [-0.39, 0.29) is 0 Å². The molecule has 2 heteroatoms. The number of benzene rings is 4. The van der Waals surface area contributed by atoms with Crippen molar-refractivity contribution in [3.8, 4) is 0 Å². The summed E-state index contributed by atoms with van der Waals surface area (Å²) in [6.07, 6.45) is 7.97. The van der Waals surface area contributed by atoms with E-state index in [2.05, 4.69) is 46.4 Å². The molecule has 0 radical (unpaired) electrons. The SMILES string of the molecule is C(=Nc1ccc(/C=C/c2ccc(N=Cc3ccccc3)cc2)cc1)c1ccccc1. The summed E-state index contributed by atoms with van der Waals surface area (Å²) in [7, 11) is 0. The lowest BCUT2D eigenvalue weighted by Gasteiger charge is -1.98. The molecule has 0 amide bonds. The molecule has 0 saturated carbocycles. The summed E-state index contributed by atoms with van der Waals surface area (Å²) in [4.78, 5) is 9.04. The van der Waals surface area contributed by atoms with Crippen LogP contribution >= 0.6 is 0 Å². The molecular formula is C28H22N2. The van der Waals surface area contributed by atoms with Crippen molar-refractivity contribution in [3.05, 3.63) is 131 Å². The van der Waals surface area contributed by atoms with Gasteiger partial charge in [-0.2, -0.15) is 0 Å². The van der Waals surface area contributed by atoms with E-state index in [4.69, 9.17) is 0 Å². The Morgan fingerprint density at radius 3 is 1.10 bits per heavy atom. The molecule has 0 spiro atoms. The molecule has 0 aliphatic carbocycles. The summed E-state index contributed by atoms with van der Waals surface area (Å²) in [6.45, 7) is 0. The minimum absolute atomic E-state index is 0.941. The van der Waals surface area contributed by atoms with Gasteiger partial charge in [0.15, 0.2) is 0 Å². The fourth-order valence-corrected chi connectivity index (χ4v) is 2.91. The Bertz CT molecular complexity index is 1040. The lowest BCUT2D eigenvalue weighted by molar-refractivity contribution is 1.51. The van der Waals surface area contributed by atoms with E-state index in [0.29, 0.717) is 0 Å².